The number of hydrogen-bond acceptors (Lipinski definition) is 3. The highest BCUT2D eigenvalue weighted by Crippen LogP contribution is 2.14. The molecule has 1 rings (SSSR count). The van der Waals surface area contributed by atoms with E-state index in [-0.39, 0.29) is 11.8 Å². The van der Waals surface area contributed by atoms with E-state index >= 15 is 0 Å². The first-order valence-corrected chi connectivity index (χ1v) is 4.81. The molecule has 1 N–H and O–H groups in total. The van der Waals surface area contributed by atoms with E-state index in [0.717, 1.165) is 5.56 Å². The molecule has 0 radical (unpaired) electrons. The second-order valence-electron chi connectivity index (χ2n) is 3.12. The lowest BCUT2D eigenvalue weighted by Crippen LogP contribution is -2.31. The Morgan fingerprint density at radius 3 is 3.00 bits per heavy atom. The number of ketones is 1. The van der Waals surface area contributed by atoms with Gasteiger partial charge in [-0.05, 0) is 25.6 Å². The largest absolute Gasteiger partial charge is 0.311 e. The molecule has 0 aromatic carbocycles. The number of carbonyl (C=O) groups excluding carboxylic acids is 1. The van der Waals surface area contributed by atoms with E-state index in [1.807, 2.05) is 6.92 Å². The summed E-state index contributed by atoms with van der Waals surface area (Å²) < 4.78 is 0. The van der Waals surface area contributed by atoms with Gasteiger partial charge in [-0.1, -0.05) is 11.6 Å². The van der Waals surface area contributed by atoms with Crippen LogP contribution in [0.5, 0.6) is 0 Å². The van der Waals surface area contributed by atoms with Crippen molar-refractivity contribution in [1.29, 1.82) is 0 Å². The first kappa shape index (κ1) is 11.1. The Balaban J connectivity index is 2.70. The number of hydrogen-bond donors (Lipinski definition) is 1. The van der Waals surface area contributed by atoms with Crippen molar-refractivity contribution in [2.75, 3.05) is 7.05 Å². The highest BCUT2D eigenvalue weighted by molar-refractivity contribution is 6.31. The van der Waals surface area contributed by atoms with Crippen LogP contribution in [0.15, 0.2) is 18.5 Å². The molecule has 1 unspecified atom stereocenters. The van der Waals surface area contributed by atoms with Gasteiger partial charge in [0.15, 0.2) is 5.78 Å². The lowest BCUT2D eigenvalue weighted by atomic mass is 10.1. The number of nitrogens with zero attached hydrogens (tertiary/aromatic N) is 1. The summed E-state index contributed by atoms with van der Waals surface area (Å²) in [6.07, 6.45) is 3.54. The van der Waals surface area contributed by atoms with Crippen molar-refractivity contribution in [2.24, 2.45) is 0 Å². The van der Waals surface area contributed by atoms with Crippen LogP contribution in [-0.2, 0) is 11.2 Å². The number of aromatic nitrogens is 1. The van der Waals surface area contributed by atoms with Crippen LogP contribution in [0.2, 0.25) is 5.02 Å². The number of Topliss-reactive ketones (excluding diaryl/α,β-unsaturated/α-hetero) is 1. The average molecular weight is 213 g/mol. The summed E-state index contributed by atoms with van der Waals surface area (Å²) in [5, 5.41) is 3.44. The van der Waals surface area contributed by atoms with Gasteiger partial charge >= 0.3 is 0 Å². The normalized spacial score (nSPS) is 12.5. The second kappa shape index (κ2) is 5.08. The maximum absolute atomic E-state index is 11.6. The molecule has 76 valence electrons. The van der Waals surface area contributed by atoms with E-state index < -0.39 is 0 Å². The molecule has 3 nitrogen and oxygen atoms in total. The number of rotatable bonds is 4. The molecule has 1 atom stereocenters. The van der Waals surface area contributed by atoms with Gasteiger partial charge < -0.3 is 5.32 Å². The maximum Gasteiger partial charge on any atom is 0.153 e. The maximum atomic E-state index is 11.6. The van der Waals surface area contributed by atoms with Gasteiger partial charge in [0.1, 0.15) is 0 Å². The quantitative estimate of drug-likeness (QED) is 0.822. The topological polar surface area (TPSA) is 42.0 Å². The molecule has 0 saturated carbocycles. The number of carbonyl (C=O) groups is 1. The summed E-state index contributed by atoms with van der Waals surface area (Å²) in [6, 6.07) is 1.63. The van der Waals surface area contributed by atoms with Gasteiger partial charge in [0.25, 0.3) is 0 Å². The van der Waals surface area contributed by atoms with E-state index in [1.165, 1.54) is 0 Å². The van der Waals surface area contributed by atoms with Gasteiger partial charge in [-0.2, -0.15) is 0 Å². The van der Waals surface area contributed by atoms with Gasteiger partial charge in [0.2, 0.25) is 0 Å². The van der Waals surface area contributed by atoms with Crippen molar-refractivity contribution < 1.29 is 4.79 Å². The second-order valence-corrected chi connectivity index (χ2v) is 3.53. The molecule has 1 aromatic rings. The SMILES string of the molecule is CNC(C)C(=O)Cc1ccncc1Cl. The smallest absolute Gasteiger partial charge is 0.153 e. The molecule has 0 amide bonds. The highest BCUT2D eigenvalue weighted by atomic mass is 35.5. The fourth-order valence-electron chi connectivity index (χ4n) is 1.05. The van der Waals surface area contributed by atoms with Crippen molar-refractivity contribution >= 4 is 17.4 Å². The predicted molar refractivity (Wildman–Crippen MR) is 56.5 cm³/mol. The van der Waals surface area contributed by atoms with E-state index in [9.17, 15) is 4.79 Å². The minimum atomic E-state index is -0.140. The number of halogens is 1. The number of nitrogens with one attached hydrogen (secondary N) is 1. The van der Waals surface area contributed by atoms with Crippen LogP contribution in [0.4, 0.5) is 0 Å². The third kappa shape index (κ3) is 2.79. The molecule has 0 bridgehead atoms. The Hall–Kier alpha value is -0.930. The minimum Gasteiger partial charge on any atom is -0.311 e. The number of likely N-dealkylation sites (N-methyl/N-ethyl adjacent to an activating group) is 1. The fraction of sp³-hybridized carbons (Fsp3) is 0.400. The molecule has 1 aromatic heterocycles. The molecular weight excluding hydrogens is 200 g/mol. The van der Waals surface area contributed by atoms with Crippen molar-refractivity contribution in [3.8, 4) is 0 Å². The van der Waals surface area contributed by atoms with Gasteiger partial charge in [-0.15, -0.1) is 0 Å². The van der Waals surface area contributed by atoms with Crippen molar-refractivity contribution in [3.63, 3.8) is 0 Å². The Bertz CT molecular complexity index is 328. The summed E-state index contributed by atoms with van der Waals surface area (Å²) >= 11 is 5.88. The van der Waals surface area contributed by atoms with Crippen LogP contribution >= 0.6 is 11.6 Å². The Labute approximate surface area is 88.5 Å². The zero-order valence-electron chi connectivity index (χ0n) is 8.25. The Morgan fingerprint density at radius 2 is 2.43 bits per heavy atom. The first-order chi connectivity index (χ1) is 6.65. The van der Waals surface area contributed by atoms with Crippen molar-refractivity contribution in [1.82, 2.24) is 10.3 Å². The van der Waals surface area contributed by atoms with Gasteiger partial charge in [0, 0.05) is 18.8 Å². The summed E-state index contributed by atoms with van der Waals surface area (Å²) in [4.78, 5) is 15.4. The summed E-state index contributed by atoms with van der Waals surface area (Å²) in [6.45, 7) is 1.83. The Morgan fingerprint density at radius 1 is 1.71 bits per heavy atom. The third-order valence-corrected chi connectivity index (χ3v) is 2.48. The Kier molecular flexibility index (Phi) is 4.04. The molecule has 0 saturated heterocycles. The summed E-state index contributed by atoms with van der Waals surface area (Å²) in [5.74, 6) is 0.126. The van der Waals surface area contributed by atoms with Crippen LogP contribution in [-0.4, -0.2) is 23.9 Å². The van der Waals surface area contributed by atoms with E-state index in [2.05, 4.69) is 10.3 Å². The van der Waals surface area contributed by atoms with Crippen molar-refractivity contribution in [2.45, 2.75) is 19.4 Å². The van der Waals surface area contributed by atoms with Gasteiger partial charge in [-0.25, -0.2) is 0 Å². The van der Waals surface area contributed by atoms with Crippen LogP contribution in [0.1, 0.15) is 12.5 Å². The zero-order valence-corrected chi connectivity index (χ0v) is 9.01. The van der Waals surface area contributed by atoms with E-state index in [1.54, 1.807) is 25.5 Å². The van der Waals surface area contributed by atoms with Crippen LogP contribution in [0.3, 0.4) is 0 Å². The van der Waals surface area contributed by atoms with Gasteiger partial charge in [0.05, 0.1) is 11.1 Å². The third-order valence-electron chi connectivity index (χ3n) is 2.14. The monoisotopic (exact) mass is 212 g/mol. The van der Waals surface area contributed by atoms with Crippen LogP contribution < -0.4 is 5.32 Å². The van der Waals surface area contributed by atoms with Crippen LogP contribution in [0, 0.1) is 0 Å². The highest BCUT2D eigenvalue weighted by Gasteiger charge is 2.12. The molecule has 0 fully saturated rings. The lowest BCUT2D eigenvalue weighted by Gasteiger charge is -2.09. The summed E-state index contributed by atoms with van der Waals surface area (Å²) in [5.41, 5.74) is 0.828. The number of pyridine rings is 1. The standard InChI is InChI=1S/C10H13ClN2O/c1-7(12-2)10(14)5-8-3-4-13-6-9(8)11/h3-4,6-7,12H,5H2,1-2H3. The van der Waals surface area contributed by atoms with E-state index in [0.29, 0.717) is 11.4 Å². The molecule has 4 heteroatoms. The van der Waals surface area contributed by atoms with Crippen molar-refractivity contribution in [3.05, 3.63) is 29.0 Å². The molecule has 0 aliphatic carbocycles. The van der Waals surface area contributed by atoms with Gasteiger partial charge in [-0.3, -0.25) is 9.78 Å². The molecule has 0 aliphatic rings. The molecule has 1 heterocycles. The molecule has 0 spiro atoms. The summed E-state index contributed by atoms with van der Waals surface area (Å²) in [7, 11) is 1.76. The van der Waals surface area contributed by atoms with Crippen LogP contribution in [0.25, 0.3) is 0 Å². The predicted octanol–water partition coefficient (Wildman–Crippen LogP) is 1.45. The molecule has 14 heavy (non-hydrogen) atoms. The molecule has 0 aliphatic heterocycles. The average Bonchev–Trinajstić information content (AvgIpc) is 2.20. The first-order valence-electron chi connectivity index (χ1n) is 4.43. The van der Waals surface area contributed by atoms with E-state index in [4.69, 9.17) is 11.6 Å². The zero-order chi connectivity index (χ0) is 10.6. The fourth-order valence-corrected chi connectivity index (χ4v) is 1.24. The molecular formula is C10H13ClN2O. The lowest BCUT2D eigenvalue weighted by molar-refractivity contribution is -0.119. The minimum absolute atomic E-state index is 0.126.